The average Bonchev–Trinajstić information content (AvgIpc) is 3.13. The summed E-state index contributed by atoms with van der Waals surface area (Å²) in [4.78, 5) is 29.1. The molecule has 0 unspecified atom stereocenters. The van der Waals surface area contributed by atoms with Crippen LogP contribution in [-0.4, -0.2) is 26.6 Å². The van der Waals surface area contributed by atoms with Crippen LogP contribution in [-0.2, 0) is 11.3 Å². The van der Waals surface area contributed by atoms with Crippen LogP contribution in [0.2, 0.25) is 0 Å². The van der Waals surface area contributed by atoms with Gasteiger partial charge >= 0.3 is 0 Å². The molecule has 4 aromatic rings. The Balaban J connectivity index is 1.62. The first-order valence-electron chi connectivity index (χ1n) is 10.4. The second-order valence-electron chi connectivity index (χ2n) is 8.00. The van der Waals surface area contributed by atoms with Crippen molar-refractivity contribution in [1.82, 2.24) is 14.8 Å². The Morgan fingerprint density at radius 1 is 0.969 bits per heavy atom. The lowest BCUT2D eigenvalue weighted by atomic mass is 10.1. The second kappa shape index (κ2) is 8.63. The van der Waals surface area contributed by atoms with Crippen LogP contribution < -0.4 is 10.6 Å². The van der Waals surface area contributed by atoms with Crippen molar-refractivity contribution in [2.45, 2.75) is 34.2 Å². The summed E-state index contributed by atoms with van der Waals surface area (Å²) in [5, 5.41) is 10.9. The summed E-state index contributed by atoms with van der Waals surface area (Å²) in [6.07, 6.45) is 1.69. The molecule has 0 atom stereocenters. The number of anilines is 2. The summed E-state index contributed by atoms with van der Waals surface area (Å²) in [5.41, 5.74) is 6.48. The number of carbonyl (C=O) groups is 2. The van der Waals surface area contributed by atoms with Crippen LogP contribution in [0.1, 0.15) is 39.7 Å². The molecular weight excluding hydrogens is 402 g/mol. The van der Waals surface area contributed by atoms with Crippen molar-refractivity contribution < 1.29 is 9.59 Å². The number of nitrogens with one attached hydrogen (secondary N) is 2. The lowest BCUT2D eigenvalue weighted by molar-refractivity contribution is -0.114. The monoisotopic (exact) mass is 427 g/mol. The topological polar surface area (TPSA) is 88.9 Å². The first kappa shape index (κ1) is 21.2. The molecule has 2 aromatic carbocycles. The highest BCUT2D eigenvalue weighted by molar-refractivity contribution is 6.12. The molecule has 0 fully saturated rings. The number of aromatic nitrogens is 3. The van der Waals surface area contributed by atoms with Crippen LogP contribution in [0, 0.1) is 20.8 Å². The van der Waals surface area contributed by atoms with Crippen LogP contribution in [0.3, 0.4) is 0 Å². The summed E-state index contributed by atoms with van der Waals surface area (Å²) >= 11 is 0. The van der Waals surface area contributed by atoms with E-state index in [1.807, 2.05) is 24.6 Å². The highest BCUT2D eigenvalue weighted by atomic mass is 16.2. The SMILES string of the molecule is CC(=O)Nc1ccc(NC(=O)c2cc(C)nc3c2cnn3Cc2ccc(C)cc2)cc1C. The van der Waals surface area contributed by atoms with Gasteiger partial charge in [0.15, 0.2) is 5.65 Å². The zero-order chi connectivity index (χ0) is 22.8. The number of aryl methyl sites for hydroxylation is 3. The number of hydrogen-bond acceptors (Lipinski definition) is 4. The van der Waals surface area contributed by atoms with Crippen molar-refractivity contribution >= 4 is 34.2 Å². The molecule has 0 radical (unpaired) electrons. The summed E-state index contributed by atoms with van der Waals surface area (Å²) < 4.78 is 1.82. The van der Waals surface area contributed by atoms with Gasteiger partial charge in [-0.25, -0.2) is 9.67 Å². The van der Waals surface area contributed by atoms with E-state index < -0.39 is 0 Å². The molecule has 2 heterocycles. The van der Waals surface area contributed by atoms with Gasteiger partial charge in [-0.3, -0.25) is 9.59 Å². The molecule has 2 amide bonds. The van der Waals surface area contributed by atoms with Gasteiger partial charge in [0.05, 0.1) is 23.7 Å². The fourth-order valence-electron chi connectivity index (χ4n) is 3.61. The van der Waals surface area contributed by atoms with Gasteiger partial charge in [0.25, 0.3) is 5.91 Å². The summed E-state index contributed by atoms with van der Waals surface area (Å²) in [7, 11) is 0. The van der Waals surface area contributed by atoms with Gasteiger partial charge in [-0.15, -0.1) is 0 Å². The predicted molar refractivity (Wildman–Crippen MR) is 126 cm³/mol. The first-order valence-corrected chi connectivity index (χ1v) is 10.4. The van der Waals surface area contributed by atoms with E-state index in [2.05, 4.69) is 51.9 Å². The molecule has 0 saturated heterocycles. The standard InChI is InChI=1S/C25H25N5O2/c1-15-5-7-19(8-6-15)14-30-24-22(13-26-30)21(12-17(3)27-24)25(32)29-20-9-10-23(16(2)11-20)28-18(4)31/h5-13H,14H2,1-4H3,(H,28,31)(H,29,32). The Morgan fingerprint density at radius 2 is 1.72 bits per heavy atom. The Labute approximate surface area is 186 Å². The van der Waals surface area contributed by atoms with Gasteiger partial charge in [0, 0.05) is 24.0 Å². The van der Waals surface area contributed by atoms with Crippen LogP contribution in [0.25, 0.3) is 11.0 Å². The van der Waals surface area contributed by atoms with E-state index >= 15 is 0 Å². The van der Waals surface area contributed by atoms with Gasteiger partial charge in [0.1, 0.15) is 0 Å². The van der Waals surface area contributed by atoms with Crippen molar-refractivity contribution in [3.05, 3.63) is 82.7 Å². The number of nitrogens with zero attached hydrogens (tertiary/aromatic N) is 3. The van der Waals surface area contributed by atoms with Gasteiger partial charge in [0.2, 0.25) is 5.91 Å². The van der Waals surface area contributed by atoms with E-state index in [0.29, 0.717) is 28.8 Å². The lowest BCUT2D eigenvalue weighted by Gasteiger charge is -2.11. The zero-order valence-corrected chi connectivity index (χ0v) is 18.6. The molecule has 32 heavy (non-hydrogen) atoms. The molecule has 162 valence electrons. The quantitative estimate of drug-likeness (QED) is 0.487. The van der Waals surface area contributed by atoms with Gasteiger partial charge in [-0.1, -0.05) is 29.8 Å². The van der Waals surface area contributed by atoms with Crippen molar-refractivity contribution in [3.63, 3.8) is 0 Å². The minimum atomic E-state index is -0.234. The highest BCUT2D eigenvalue weighted by Crippen LogP contribution is 2.23. The van der Waals surface area contributed by atoms with Crippen LogP contribution >= 0.6 is 0 Å². The van der Waals surface area contributed by atoms with Gasteiger partial charge in [-0.2, -0.15) is 5.10 Å². The molecule has 0 saturated carbocycles. The fraction of sp³-hybridized carbons (Fsp3) is 0.200. The average molecular weight is 428 g/mol. The summed E-state index contributed by atoms with van der Waals surface area (Å²) in [6.45, 7) is 7.84. The molecule has 7 heteroatoms. The van der Waals surface area contributed by atoms with Crippen molar-refractivity contribution in [2.75, 3.05) is 10.6 Å². The van der Waals surface area contributed by atoms with E-state index in [-0.39, 0.29) is 11.8 Å². The zero-order valence-electron chi connectivity index (χ0n) is 18.6. The van der Waals surface area contributed by atoms with Gasteiger partial charge in [-0.05, 0) is 56.2 Å². The third kappa shape index (κ3) is 4.51. The minimum Gasteiger partial charge on any atom is -0.326 e. The second-order valence-corrected chi connectivity index (χ2v) is 8.00. The van der Waals surface area contributed by atoms with E-state index in [0.717, 1.165) is 22.5 Å². The Hall–Kier alpha value is -4.00. The Bertz CT molecular complexity index is 1320. The molecule has 0 aliphatic heterocycles. The number of carbonyl (C=O) groups excluding carboxylic acids is 2. The Kier molecular flexibility index (Phi) is 5.73. The van der Waals surface area contributed by atoms with E-state index in [9.17, 15) is 9.59 Å². The third-order valence-corrected chi connectivity index (χ3v) is 5.23. The smallest absolute Gasteiger partial charge is 0.256 e. The predicted octanol–water partition coefficient (Wildman–Crippen LogP) is 4.62. The molecule has 0 bridgehead atoms. The van der Waals surface area contributed by atoms with Crippen molar-refractivity contribution in [2.24, 2.45) is 0 Å². The molecular formula is C25H25N5O2. The van der Waals surface area contributed by atoms with Crippen LogP contribution in [0.15, 0.2) is 54.7 Å². The van der Waals surface area contributed by atoms with E-state index in [1.165, 1.54) is 12.5 Å². The molecule has 2 N–H and O–H groups in total. The molecule has 0 aliphatic carbocycles. The largest absolute Gasteiger partial charge is 0.326 e. The van der Waals surface area contributed by atoms with E-state index in [4.69, 9.17) is 0 Å². The van der Waals surface area contributed by atoms with Gasteiger partial charge < -0.3 is 10.6 Å². The number of benzene rings is 2. The number of hydrogen-bond donors (Lipinski definition) is 2. The maximum absolute atomic E-state index is 13.1. The normalized spacial score (nSPS) is 10.9. The Morgan fingerprint density at radius 3 is 2.41 bits per heavy atom. The minimum absolute atomic E-state index is 0.137. The number of fused-ring (bicyclic) bond motifs is 1. The lowest BCUT2D eigenvalue weighted by Crippen LogP contribution is -2.14. The molecule has 2 aromatic heterocycles. The maximum Gasteiger partial charge on any atom is 0.256 e. The first-order chi connectivity index (χ1) is 15.3. The molecule has 4 rings (SSSR count). The fourth-order valence-corrected chi connectivity index (χ4v) is 3.61. The maximum atomic E-state index is 13.1. The van der Waals surface area contributed by atoms with Crippen molar-refractivity contribution in [3.8, 4) is 0 Å². The van der Waals surface area contributed by atoms with Crippen LogP contribution in [0.5, 0.6) is 0 Å². The van der Waals surface area contributed by atoms with Crippen LogP contribution in [0.4, 0.5) is 11.4 Å². The molecule has 0 aliphatic rings. The van der Waals surface area contributed by atoms with Crippen molar-refractivity contribution in [1.29, 1.82) is 0 Å². The number of pyridine rings is 1. The summed E-state index contributed by atoms with van der Waals surface area (Å²) in [5.74, 6) is -0.371. The third-order valence-electron chi connectivity index (χ3n) is 5.23. The molecule has 0 spiro atoms. The molecule has 7 nitrogen and oxygen atoms in total. The number of rotatable bonds is 5. The highest BCUT2D eigenvalue weighted by Gasteiger charge is 2.16. The number of amides is 2. The van der Waals surface area contributed by atoms with E-state index in [1.54, 1.807) is 24.4 Å². The summed E-state index contributed by atoms with van der Waals surface area (Å²) in [6, 6.07) is 15.4.